The first kappa shape index (κ1) is 17.4. The molecule has 0 amide bonds. The highest BCUT2D eigenvalue weighted by Gasteiger charge is 2.23. The van der Waals surface area contributed by atoms with E-state index in [1.54, 1.807) is 0 Å². The molecule has 26 heavy (non-hydrogen) atoms. The van der Waals surface area contributed by atoms with Crippen molar-refractivity contribution >= 4 is 15.9 Å². The van der Waals surface area contributed by atoms with E-state index < -0.39 is 0 Å². The van der Waals surface area contributed by atoms with Crippen molar-refractivity contribution < 1.29 is 9.26 Å². The Kier molecular flexibility index (Phi) is 5.43. The Hall–Kier alpha value is -2.02. The van der Waals surface area contributed by atoms with Crippen LogP contribution >= 0.6 is 15.9 Å². The molecule has 0 N–H and O–H groups in total. The third-order valence-corrected chi connectivity index (χ3v) is 5.00. The molecule has 0 spiro atoms. The summed E-state index contributed by atoms with van der Waals surface area (Å²) in [6.45, 7) is 3.03. The van der Waals surface area contributed by atoms with E-state index in [1.807, 2.05) is 30.3 Å². The van der Waals surface area contributed by atoms with Gasteiger partial charge in [0.1, 0.15) is 0 Å². The van der Waals surface area contributed by atoms with Crippen molar-refractivity contribution in [3.05, 3.63) is 81.9 Å². The van der Waals surface area contributed by atoms with Gasteiger partial charge in [-0.3, -0.25) is 4.90 Å². The van der Waals surface area contributed by atoms with Gasteiger partial charge in [-0.05, 0) is 23.3 Å². The third kappa shape index (κ3) is 4.38. The number of benzene rings is 2. The Morgan fingerprint density at radius 3 is 2.69 bits per heavy atom. The summed E-state index contributed by atoms with van der Waals surface area (Å²) in [4.78, 5) is 6.84. The molecule has 3 aromatic rings. The van der Waals surface area contributed by atoms with Crippen LogP contribution in [0.5, 0.6) is 0 Å². The molecule has 0 bridgehead atoms. The van der Waals surface area contributed by atoms with Gasteiger partial charge in [0, 0.05) is 24.0 Å². The van der Waals surface area contributed by atoms with E-state index in [0.717, 1.165) is 23.4 Å². The quantitative estimate of drug-likeness (QED) is 0.632. The Balaban J connectivity index is 1.37. The van der Waals surface area contributed by atoms with Gasteiger partial charge >= 0.3 is 0 Å². The van der Waals surface area contributed by atoms with Crippen LogP contribution in [-0.2, 0) is 17.7 Å². The maximum Gasteiger partial charge on any atom is 0.240 e. The van der Waals surface area contributed by atoms with E-state index >= 15 is 0 Å². The molecular formula is C20H20BrN3O2. The fourth-order valence-electron chi connectivity index (χ4n) is 3.12. The average molecular weight is 414 g/mol. The summed E-state index contributed by atoms with van der Waals surface area (Å²) in [5.41, 5.74) is 2.37. The first-order chi connectivity index (χ1) is 12.8. The second kappa shape index (κ2) is 8.12. The number of aromatic nitrogens is 2. The summed E-state index contributed by atoms with van der Waals surface area (Å²) in [5, 5.41) is 4.11. The van der Waals surface area contributed by atoms with Gasteiger partial charge in [-0.1, -0.05) is 63.6 Å². The van der Waals surface area contributed by atoms with Gasteiger partial charge in [0.25, 0.3) is 0 Å². The SMILES string of the molecule is Brc1ccc(C2CN(Cc3nc(Cc4ccccc4)no3)CCO2)cc1. The third-order valence-electron chi connectivity index (χ3n) is 4.47. The van der Waals surface area contributed by atoms with Crippen LogP contribution in [0.1, 0.15) is 28.9 Å². The van der Waals surface area contributed by atoms with Crippen LogP contribution in [-0.4, -0.2) is 34.7 Å². The highest BCUT2D eigenvalue weighted by molar-refractivity contribution is 9.10. The van der Waals surface area contributed by atoms with Crippen molar-refractivity contribution in [3.63, 3.8) is 0 Å². The van der Waals surface area contributed by atoms with E-state index in [4.69, 9.17) is 9.26 Å². The van der Waals surface area contributed by atoms with E-state index in [1.165, 1.54) is 11.1 Å². The number of morpholine rings is 1. The molecule has 1 aliphatic heterocycles. The molecule has 6 heteroatoms. The Morgan fingerprint density at radius 1 is 1.08 bits per heavy atom. The number of halogens is 1. The van der Waals surface area contributed by atoms with Gasteiger partial charge in [0.15, 0.2) is 5.82 Å². The second-order valence-electron chi connectivity index (χ2n) is 6.41. The predicted octanol–water partition coefficient (Wildman–Crippen LogP) is 4.00. The number of ether oxygens (including phenoxy) is 1. The topological polar surface area (TPSA) is 51.4 Å². The van der Waals surface area contributed by atoms with Crippen LogP contribution in [0.25, 0.3) is 0 Å². The monoisotopic (exact) mass is 413 g/mol. The minimum atomic E-state index is 0.0727. The smallest absolute Gasteiger partial charge is 0.240 e. The molecule has 1 unspecified atom stereocenters. The van der Waals surface area contributed by atoms with Crippen LogP contribution in [0.3, 0.4) is 0 Å². The summed E-state index contributed by atoms with van der Waals surface area (Å²) in [5.74, 6) is 1.39. The lowest BCUT2D eigenvalue weighted by Crippen LogP contribution is -2.37. The van der Waals surface area contributed by atoms with Crippen molar-refractivity contribution in [1.29, 1.82) is 0 Å². The molecule has 2 heterocycles. The lowest BCUT2D eigenvalue weighted by molar-refractivity contribution is -0.0356. The van der Waals surface area contributed by atoms with Gasteiger partial charge in [-0.25, -0.2) is 0 Å². The van der Waals surface area contributed by atoms with Crippen molar-refractivity contribution in [2.75, 3.05) is 19.7 Å². The Bertz CT molecular complexity index is 836. The Morgan fingerprint density at radius 2 is 1.88 bits per heavy atom. The zero-order valence-electron chi connectivity index (χ0n) is 14.3. The molecule has 134 valence electrons. The molecule has 5 nitrogen and oxygen atoms in total. The molecule has 4 rings (SSSR count). The molecule has 1 aliphatic rings. The van der Waals surface area contributed by atoms with Gasteiger partial charge < -0.3 is 9.26 Å². The molecule has 1 aromatic heterocycles. The van der Waals surface area contributed by atoms with Crippen LogP contribution in [0.4, 0.5) is 0 Å². The zero-order chi connectivity index (χ0) is 17.8. The minimum absolute atomic E-state index is 0.0727. The number of rotatable bonds is 5. The summed E-state index contributed by atoms with van der Waals surface area (Å²) in [6.07, 6.45) is 0.762. The van der Waals surface area contributed by atoms with E-state index in [2.05, 4.69) is 55.2 Å². The number of nitrogens with zero attached hydrogens (tertiary/aromatic N) is 3. The van der Waals surface area contributed by atoms with E-state index in [9.17, 15) is 0 Å². The number of hydrogen-bond donors (Lipinski definition) is 0. The fraction of sp³-hybridized carbons (Fsp3) is 0.300. The maximum atomic E-state index is 5.93. The van der Waals surface area contributed by atoms with Gasteiger partial charge in [-0.15, -0.1) is 0 Å². The van der Waals surface area contributed by atoms with Gasteiger partial charge in [0.05, 0.1) is 19.3 Å². The fourth-order valence-corrected chi connectivity index (χ4v) is 3.39. The van der Waals surface area contributed by atoms with Gasteiger partial charge in [0.2, 0.25) is 5.89 Å². The lowest BCUT2D eigenvalue weighted by Gasteiger charge is -2.32. The molecular weight excluding hydrogens is 394 g/mol. The van der Waals surface area contributed by atoms with Crippen LogP contribution in [0.15, 0.2) is 63.6 Å². The molecule has 0 aliphatic carbocycles. The highest BCUT2D eigenvalue weighted by atomic mass is 79.9. The summed E-state index contributed by atoms with van der Waals surface area (Å²) in [6, 6.07) is 18.5. The molecule has 1 saturated heterocycles. The standard InChI is InChI=1S/C20H20BrN3O2/c21-17-8-6-16(7-9-17)18-13-24(10-11-25-18)14-20-22-19(23-26-20)12-15-4-2-1-3-5-15/h1-9,18H,10-14H2. The summed E-state index contributed by atoms with van der Waals surface area (Å²) < 4.78 is 12.5. The van der Waals surface area contributed by atoms with Gasteiger partial charge in [-0.2, -0.15) is 4.98 Å². The van der Waals surface area contributed by atoms with Crippen molar-refractivity contribution in [1.82, 2.24) is 15.0 Å². The molecule has 2 aromatic carbocycles. The normalized spacial score (nSPS) is 18.1. The first-order valence-electron chi connectivity index (χ1n) is 8.71. The van der Waals surface area contributed by atoms with Crippen molar-refractivity contribution in [2.24, 2.45) is 0 Å². The first-order valence-corrected chi connectivity index (χ1v) is 9.50. The van der Waals surface area contributed by atoms with Crippen molar-refractivity contribution in [3.8, 4) is 0 Å². The molecule has 0 saturated carbocycles. The van der Waals surface area contributed by atoms with E-state index in [0.29, 0.717) is 25.5 Å². The second-order valence-corrected chi connectivity index (χ2v) is 7.33. The molecule has 1 fully saturated rings. The lowest BCUT2D eigenvalue weighted by atomic mass is 10.1. The number of hydrogen-bond acceptors (Lipinski definition) is 5. The highest BCUT2D eigenvalue weighted by Crippen LogP contribution is 2.24. The van der Waals surface area contributed by atoms with Crippen LogP contribution < -0.4 is 0 Å². The van der Waals surface area contributed by atoms with E-state index in [-0.39, 0.29) is 6.10 Å². The minimum Gasteiger partial charge on any atom is -0.371 e. The van der Waals surface area contributed by atoms with Crippen molar-refractivity contribution in [2.45, 2.75) is 19.1 Å². The predicted molar refractivity (Wildman–Crippen MR) is 102 cm³/mol. The maximum absolute atomic E-state index is 5.93. The summed E-state index contributed by atoms with van der Waals surface area (Å²) >= 11 is 3.47. The zero-order valence-corrected chi connectivity index (χ0v) is 15.9. The summed E-state index contributed by atoms with van der Waals surface area (Å²) in [7, 11) is 0. The van der Waals surface area contributed by atoms with Crippen LogP contribution in [0, 0.1) is 0 Å². The largest absolute Gasteiger partial charge is 0.371 e. The van der Waals surface area contributed by atoms with Crippen LogP contribution in [0.2, 0.25) is 0 Å². The average Bonchev–Trinajstić information content (AvgIpc) is 3.10. The molecule has 1 atom stereocenters. The Labute approximate surface area is 161 Å². The molecule has 0 radical (unpaired) electrons.